The Morgan fingerprint density at radius 1 is 1.30 bits per heavy atom. The lowest BCUT2D eigenvalue weighted by Crippen LogP contribution is -2.37. The number of methoxy groups -OCH3 is 2. The van der Waals surface area contributed by atoms with Crippen LogP contribution in [0.2, 0.25) is 0 Å². The number of rotatable bonds is 4. The van der Waals surface area contributed by atoms with Crippen LogP contribution in [0.25, 0.3) is 0 Å². The van der Waals surface area contributed by atoms with Crippen molar-refractivity contribution in [2.24, 2.45) is 0 Å². The number of ether oxygens (including phenoxy) is 2. The van der Waals surface area contributed by atoms with Gasteiger partial charge in [0.1, 0.15) is 22.9 Å². The van der Waals surface area contributed by atoms with Crippen LogP contribution in [0.3, 0.4) is 0 Å². The number of Topliss-reactive ketones (excluding diaryl/α,β-unsaturated/α-hetero) is 1. The fourth-order valence-corrected chi connectivity index (χ4v) is 2.00. The first kappa shape index (κ1) is 14.1. The number of carbonyl (C=O) groups is 1. The summed E-state index contributed by atoms with van der Waals surface area (Å²) in [6, 6.07) is 4.32. The van der Waals surface area contributed by atoms with Gasteiger partial charge in [0.15, 0.2) is 0 Å². The average Bonchev–Trinajstić information content (AvgIpc) is 2.47. The number of hydrogen-bond acceptors (Lipinski definition) is 5. The lowest BCUT2D eigenvalue weighted by Gasteiger charge is -2.25. The summed E-state index contributed by atoms with van der Waals surface area (Å²) in [5, 5.41) is 20.2. The quantitative estimate of drug-likeness (QED) is 0.820. The van der Waals surface area contributed by atoms with Crippen LogP contribution in [-0.2, 0) is 4.74 Å². The first-order valence-electron chi connectivity index (χ1n) is 6.08. The van der Waals surface area contributed by atoms with Gasteiger partial charge in [0, 0.05) is 12.5 Å². The lowest BCUT2D eigenvalue weighted by atomic mass is 9.86. The number of benzene rings is 1. The molecule has 2 N–H and O–H groups in total. The zero-order valence-corrected chi connectivity index (χ0v) is 11.3. The summed E-state index contributed by atoms with van der Waals surface area (Å²) in [5.74, 6) is 0.228. The molecule has 0 aliphatic heterocycles. The van der Waals surface area contributed by atoms with E-state index in [1.807, 2.05) is 0 Å². The minimum atomic E-state index is -1.67. The van der Waals surface area contributed by atoms with Crippen molar-refractivity contribution < 1.29 is 24.5 Å². The van der Waals surface area contributed by atoms with E-state index in [1.54, 1.807) is 12.1 Å². The van der Waals surface area contributed by atoms with Crippen LogP contribution >= 0.6 is 0 Å². The Hall–Kier alpha value is -2.27. The Morgan fingerprint density at radius 2 is 2.05 bits per heavy atom. The Bertz CT molecular complexity index is 588. The van der Waals surface area contributed by atoms with Crippen molar-refractivity contribution in [2.45, 2.75) is 12.0 Å². The summed E-state index contributed by atoms with van der Waals surface area (Å²) >= 11 is 0. The molecule has 2 rings (SSSR count). The maximum atomic E-state index is 12.4. The summed E-state index contributed by atoms with van der Waals surface area (Å²) in [4.78, 5) is 12.4. The van der Waals surface area contributed by atoms with E-state index in [2.05, 4.69) is 0 Å². The number of ketones is 1. The molecule has 1 aliphatic carbocycles. The lowest BCUT2D eigenvalue weighted by molar-refractivity contribution is 0.0523. The first-order valence-corrected chi connectivity index (χ1v) is 6.08. The first-order chi connectivity index (χ1) is 9.50. The van der Waals surface area contributed by atoms with E-state index in [4.69, 9.17) is 9.47 Å². The summed E-state index contributed by atoms with van der Waals surface area (Å²) in [6.45, 7) is 0. The van der Waals surface area contributed by atoms with Gasteiger partial charge < -0.3 is 19.7 Å². The molecule has 0 aromatic heterocycles. The number of carbonyl (C=O) groups excluding carboxylic acids is 1. The molecular weight excluding hydrogens is 260 g/mol. The van der Waals surface area contributed by atoms with Gasteiger partial charge in [0.2, 0.25) is 5.78 Å². The summed E-state index contributed by atoms with van der Waals surface area (Å²) in [5.41, 5.74) is -1.62. The summed E-state index contributed by atoms with van der Waals surface area (Å²) in [7, 11) is 2.97. The highest BCUT2D eigenvalue weighted by Gasteiger charge is 2.36. The molecule has 1 aliphatic rings. The molecule has 5 heteroatoms. The molecule has 0 saturated carbocycles. The van der Waals surface area contributed by atoms with Crippen molar-refractivity contribution in [2.75, 3.05) is 14.2 Å². The monoisotopic (exact) mass is 276 g/mol. The molecule has 106 valence electrons. The second-order valence-electron chi connectivity index (χ2n) is 4.48. The molecule has 1 aromatic carbocycles. The Morgan fingerprint density at radius 3 is 2.55 bits per heavy atom. The van der Waals surface area contributed by atoms with Gasteiger partial charge in [-0.2, -0.15) is 0 Å². The van der Waals surface area contributed by atoms with Crippen molar-refractivity contribution in [3.05, 3.63) is 47.7 Å². The molecule has 5 nitrogen and oxygen atoms in total. The molecule has 0 spiro atoms. The fraction of sp³-hybridized carbons (Fsp3) is 0.267. The van der Waals surface area contributed by atoms with E-state index in [1.165, 1.54) is 38.5 Å². The minimum Gasteiger partial charge on any atom is -0.507 e. The third kappa shape index (κ3) is 2.53. The summed E-state index contributed by atoms with van der Waals surface area (Å²) in [6.07, 6.45) is 4.62. The third-order valence-corrected chi connectivity index (χ3v) is 3.22. The Kier molecular flexibility index (Phi) is 3.81. The predicted octanol–water partition coefficient (Wildman–Crippen LogP) is 1.80. The molecule has 20 heavy (non-hydrogen) atoms. The SMILES string of the molecule is COC1=CCC(O)(C(=O)c2ccc(OC)cc2O)C=C1. The minimum absolute atomic E-state index is 0.0483. The van der Waals surface area contributed by atoms with Crippen LogP contribution in [0.5, 0.6) is 11.5 Å². The second-order valence-corrected chi connectivity index (χ2v) is 4.48. The van der Waals surface area contributed by atoms with Gasteiger partial charge in [0.05, 0.1) is 19.8 Å². The van der Waals surface area contributed by atoms with Crippen LogP contribution in [0.15, 0.2) is 42.2 Å². The smallest absolute Gasteiger partial charge is 0.202 e. The maximum absolute atomic E-state index is 12.4. The van der Waals surface area contributed by atoms with Crippen molar-refractivity contribution in [3.8, 4) is 11.5 Å². The van der Waals surface area contributed by atoms with Crippen LogP contribution in [0, 0.1) is 0 Å². The average molecular weight is 276 g/mol. The van der Waals surface area contributed by atoms with Crippen molar-refractivity contribution in [3.63, 3.8) is 0 Å². The van der Waals surface area contributed by atoms with E-state index >= 15 is 0 Å². The van der Waals surface area contributed by atoms with Gasteiger partial charge in [0.25, 0.3) is 0 Å². The Balaban J connectivity index is 2.28. The number of hydrogen-bond donors (Lipinski definition) is 2. The van der Waals surface area contributed by atoms with Crippen LogP contribution < -0.4 is 4.74 Å². The number of aromatic hydroxyl groups is 1. The number of phenols is 1. The molecule has 0 saturated heterocycles. The molecular formula is C15H16O5. The second kappa shape index (κ2) is 5.38. The zero-order chi connectivity index (χ0) is 14.8. The van der Waals surface area contributed by atoms with E-state index < -0.39 is 11.4 Å². The van der Waals surface area contributed by atoms with E-state index in [0.717, 1.165) is 0 Å². The highest BCUT2D eigenvalue weighted by Crippen LogP contribution is 2.31. The van der Waals surface area contributed by atoms with E-state index in [-0.39, 0.29) is 17.7 Å². The van der Waals surface area contributed by atoms with Crippen molar-refractivity contribution in [1.82, 2.24) is 0 Å². The highest BCUT2D eigenvalue weighted by molar-refractivity contribution is 6.06. The normalized spacial score (nSPS) is 21.2. The molecule has 1 aromatic rings. The van der Waals surface area contributed by atoms with E-state index in [9.17, 15) is 15.0 Å². The van der Waals surface area contributed by atoms with Crippen LogP contribution in [0.1, 0.15) is 16.8 Å². The van der Waals surface area contributed by atoms with Gasteiger partial charge in [-0.3, -0.25) is 4.79 Å². The molecule has 0 fully saturated rings. The van der Waals surface area contributed by atoms with Gasteiger partial charge in [-0.15, -0.1) is 0 Å². The molecule has 0 bridgehead atoms. The highest BCUT2D eigenvalue weighted by atomic mass is 16.5. The molecule has 1 unspecified atom stereocenters. The topological polar surface area (TPSA) is 76.0 Å². The Labute approximate surface area is 116 Å². The predicted molar refractivity (Wildman–Crippen MR) is 72.8 cm³/mol. The summed E-state index contributed by atoms with van der Waals surface area (Å²) < 4.78 is 9.97. The van der Waals surface area contributed by atoms with Gasteiger partial charge in [-0.25, -0.2) is 0 Å². The van der Waals surface area contributed by atoms with Gasteiger partial charge >= 0.3 is 0 Å². The maximum Gasteiger partial charge on any atom is 0.202 e. The zero-order valence-electron chi connectivity index (χ0n) is 11.3. The standard InChI is InChI=1S/C15H16O5/c1-19-10-5-7-15(18,8-6-10)14(17)12-4-3-11(20-2)9-13(12)16/h3-7,9,16,18H,8H2,1-2H3. The fourth-order valence-electron chi connectivity index (χ4n) is 2.00. The molecule has 0 amide bonds. The van der Waals surface area contributed by atoms with Crippen molar-refractivity contribution in [1.29, 1.82) is 0 Å². The van der Waals surface area contributed by atoms with Gasteiger partial charge in [-0.1, -0.05) is 0 Å². The molecule has 0 heterocycles. The number of allylic oxidation sites excluding steroid dienone is 1. The van der Waals surface area contributed by atoms with Crippen LogP contribution in [0.4, 0.5) is 0 Å². The van der Waals surface area contributed by atoms with E-state index in [0.29, 0.717) is 11.5 Å². The van der Waals surface area contributed by atoms with Crippen LogP contribution in [-0.4, -0.2) is 35.8 Å². The third-order valence-electron chi connectivity index (χ3n) is 3.22. The van der Waals surface area contributed by atoms with Gasteiger partial charge in [-0.05, 0) is 30.4 Å². The number of phenolic OH excluding ortho intramolecular Hbond substituents is 1. The molecule has 1 atom stereocenters. The largest absolute Gasteiger partial charge is 0.507 e. The number of aliphatic hydroxyl groups is 1. The molecule has 0 radical (unpaired) electrons. The van der Waals surface area contributed by atoms with Crippen molar-refractivity contribution >= 4 is 5.78 Å².